The number of nitrogen functional groups attached to an aromatic ring is 1. The number of benzene rings is 1. The van der Waals surface area contributed by atoms with Crippen LogP contribution in [0.5, 0.6) is 5.75 Å². The fourth-order valence-corrected chi connectivity index (χ4v) is 1.67. The van der Waals surface area contributed by atoms with Gasteiger partial charge in [-0.3, -0.25) is 0 Å². The highest BCUT2D eigenvalue weighted by molar-refractivity contribution is 5.72. The largest absolute Gasteiger partial charge is 0.489 e. The van der Waals surface area contributed by atoms with Gasteiger partial charge in [0.15, 0.2) is 0 Å². The van der Waals surface area contributed by atoms with Crippen molar-refractivity contribution in [3.05, 3.63) is 18.2 Å². The number of ether oxygens (including phenoxy) is 1. The van der Waals surface area contributed by atoms with Crippen molar-refractivity contribution in [3.8, 4) is 5.75 Å². The van der Waals surface area contributed by atoms with E-state index in [4.69, 9.17) is 10.5 Å². The molecule has 1 aromatic carbocycles. The Kier molecular flexibility index (Phi) is 5.78. The van der Waals surface area contributed by atoms with E-state index in [1.165, 1.54) is 0 Å². The fraction of sp³-hybridized carbons (Fsp3) is 0.571. The standard InChI is InChI=1S/C14H25N3O/c1-11(2)18-13-8-5-7-12(14(13)15)16-9-6-10-17(3)4/h5,7-8,11,16H,6,9-10,15H2,1-4H3. The zero-order valence-corrected chi connectivity index (χ0v) is 11.9. The van der Waals surface area contributed by atoms with Crippen LogP contribution in [0.25, 0.3) is 0 Å². The summed E-state index contributed by atoms with van der Waals surface area (Å²) in [5.74, 6) is 0.752. The molecule has 0 amide bonds. The molecule has 0 spiro atoms. The molecule has 0 heterocycles. The Morgan fingerprint density at radius 3 is 2.67 bits per heavy atom. The van der Waals surface area contributed by atoms with Crippen molar-refractivity contribution in [1.82, 2.24) is 4.90 Å². The number of rotatable bonds is 7. The first kappa shape index (κ1) is 14.6. The van der Waals surface area contributed by atoms with Crippen molar-refractivity contribution in [1.29, 1.82) is 0 Å². The third kappa shape index (κ3) is 4.84. The minimum Gasteiger partial charge on any atom is -0.489 e. The van der Waals surface area contributed by atoms with Crippen LogP contribution in [0, 0.1) is 0 Å². The molecule has 4 nitrogen and oxygen atoms in total. The summed E-state index contributed by atoms with van der Waals surface area (Å²) in [6.45, 7) is 5.97. The van der Waals surface area contributed by atoms with Gasteiger partial charge in [-0.05, 0) is 53.0 Å². The summed E-state index contributed by atoms with van der Waals surface area (Å²) >= 11 is 0. The number of nitrogens with zero attached hydrogens (tertiary/aromatic N) is 1. The van der Waals surface area contributed by atoms with Gasteiger partial charge in [-0.1, -0.05) is 6.07 Å². The van der Waals surface area contributed by atoms with Gasteiger partial charge in [-0.15, -0.1) is 0 Å². The third-order valence-corrected chi connectivity index (χ3v) is 2.53. The average molecular weight is 251 g/mol. The second-order valence-corrected chi connectivity index (χ2v) is 4.97. The lowest BCUT2D eigenvalue weighted by molar-refractivity contribution is 0.244. The molecule has 0 atom stereocenters. The predicted molar refractivity (Wildman–Crippen MR) is 78.3 cm³/mol. The molecule has 0 saturated carbocycles. The van der Waals surface area contributed by atoms with Gasteiger partial charge in [0, 0.05) is 6.54 Å². The van der Waals surface area contributed by atoms with Crippen molar-refractivity contribution in [2.24, 2.45) is 0 Å². The van der Waals surface area contributed by atoms with E-state index in [9.17, 15) is 0 Å². The average Bonchev–Trinajstić information content (AvgIpc) is 2.28. The number of para-hydroxylation sites is 1. The summed E-state index contributed by atoms with van der Waals surface area (Å²) in [5.41, 5.74) is 7.72. The number of nitrogens with two attached hydrogens (primary N) is 1. The minimum absolute atomic E-state index is 0.135. The van der Waals surface area contributed by atoms with Crippen LogP contribution in [-0.4, -0.2) is 38.2 Å². The number of hydrogen-bond acceptors (Lipinski definition) is 4. The molecule has 102 valence electrons. The molecule has 0 aromatic heterocycles. The Balaban J connectivity index is 2.55. The van der Waals surface area contributed by atoms with Gasteiger partial charge >= 0.3 is 0 Å². The van der Waals surface area contributed by atoms with Gasteiger partial charge in [-0.25, -0.2) is 0 Å². The highest BCUT2D eigenvalue weighted by atomic mass is 16.5. The van der Waals surface area contributed by atoms with Crippen LogP contribution >= 0.6 is 0 Å². The van der Waals surface area contributed by atoms with Gasteiger partial charge in [0.1, 0.15) is 5.75 Å². The van der Waals surface area contributed by atoms with E-state index in [2.05, 4.69) is 24.3 Å². The number of anilines is 2. The zero-order valence-electron chi connectivity index (χ0n) is 11.9. The predicted octanol–water partition coefficient (Wildman–Crippen LogP) is 2.42. The Hall–Kier alpha value is -1.42. The van der Waals surface area contributed by atoms with Gasteiger partial charge < -0.3 is 20.7 Å². The monoisotopic (exact) mass is 251 g/mol. The zero-order chi connectivity index (χ0) is 13.5. The summed E-state index contributed by atoms with van der Waals surface area (Å²) in [5, 5.41) is 3.35. The molecule has 0 fully saturated rings. The Morgan fingerprint density at radius 2 is 2.06 bits per heavy atom. The molecule has 0 aliphatic rings. The highest BCUT2D eigenvalue weighted by Crippen LogP contribution is 2.29. The van der Waals surface area contributed by atoms with Crippen LogP contribution in [0.2, 0.25) is 0 Å². The molecule has 0 radical (unpaired) electrons. The van der Waals surface area contributed by atoms with E-state index >= 15 is 0 Å². The van der Waals surface area contributed by atoms with Crippen molar-refractivity contribution in [2.75, 3.05) is 38.2 Å². The lowest BCUT2D eigenvalue weighted by Gasteiger charge is -2.16. The van der Waals surface area contributed by atoms with Crippen molar-refractivity contribution in [3.63, 3.8) is 0 Å². The van der Waals surface area contributed by atoms with E-state index in [-0.39, 0.29) is 6.10 Å². The van der Waals surface area contributed by atoms with Crippen LogP contribution in [0.1, 0.15) is 20.3 Å². The Labute approximate surface area is 110 Å². The Morgan fingerprint density at radius 1 is 1.33 bits per heavy atom. The van der Waals surface area contributed by atoms with Gasteiger partial charge in [0.2, 0.25) is 0 Å². The van der Waals surface area contributed by atoms with E-state index < -0.39 is 0 Å². The minimum atomic E-state index is 0.135. The molecular formula is C14H25N3O. The second kappa shape index (κ2) is 7.11. The summed E-state index contributed by atoms with van der Waals surface area (Å²) < 4.78 is 5.66. The summed E-state index contributed by atoms with van der Waals surface area (Å²) in [7, 11) is 4.15. The molecule has 1 rings (SSSR count). The van der Waals surface area contributed by atoms with Crippen molar-refractivity contribution >= 4 is 11.4 Å². The maximum Gasteiger partial charge on any atom is 0.144 e. The molecule has 0 saturated heterocycles. The lowest BCUT2D eigenvalue weighted by atomic mass is 10.2. The van der Waals surface area contributed by atoms with E-state index in [0.29, 0.717) is 5.69 Å². The van der Waals surface area contributed by atoms with E-state index in [1.807, 2.05) is 32.0 Å². The number of nitrogens with one attached hydrogen (secondary N) is 1. The summed E-state index contributed by atoms with van der Waals surface area (Å²) in [4.78, 5) is 2.17. The normalized spacial score (nSPS) is 11.0. The molecule has 0 unspecified atom stereocenters. The highest BCUT2D eigenvalue weighted by Gasteiger charge is 2.06. The van der Waals surface area contributed by atoms with Crippen molar-refractivity contribution < 1.29 is 4.74 Å². The van der Waals surface area contributed by atoms with Gasteiger partial charge in [0.05, 0.1) is 17.5 Å². The SMILES string of the molecule is CC(C)Oc1cccc(NCCCN(C)C)c1N. The van der Waals surface area contributed by atoms with Crippen LogP contribution in [0.15, 0.2) is 18.2 Å². The van der Waals surface area contributed by atoms with E-state index in [0.717, 1.165) is 30.9 Å². The number of hydrogen-bond donors (Lipinski definition) is 2. The topological polar surface area (TPSA) is 50.5 Å². The molecule has 0 aliphatic heterocycles. The maximum absolute atomic E-state index is 6.08. The van der Waals surface area contributed by atoms with Crippen LogP contribution in [0.3, 0.4) is 0 Å². The van der Waals surface area contributed by atoms with Gasteiger partial charge in [-0.2, -0.15) is 0 Å². The van der Waals surface area contributed by atoms with Crippen LogP contribution in [0.4, 0.5) is 11.4 Å². The Bertz CT molecular complexity index is 364. The maximum atomic E-state index is 6.08. The quantitative estimate of drug-likeness (QED) is 0.577. The summed E-state index contributed by atoms with van der Waals surface area (Å²) in [6, 6.07) is 5.85. The second-order valence-electron chi connectivity index (χ2n) is 4.97. The first-order valence-electron chi connectivity index (χ1n) is 6.44. The molecule has 0 bridgehead atoms. The fourth-order valence-electron chi connectivity index (χ4n) is 1.67. The van der Waals surface area contributed by atoms with Gasteiger partial charge in [0.25, 0.3) is 0 Å². The first-order valence-corrected chi connectivity index (χ1v) is 6.44. The van der Waals surface area contributed by atoms with Crippen LogP contribution in [-0.2, 0) is 0 Å². The summed E-state index contributed by atoms with van der Waals surface area (Å²) in [6.07, 6.45) is 1.22. The smallest absolute Gasteiger partial charge is 0.144 e. The molecule has 3 N–H and O–H groups in total. The molecule has 0 aliphatic carbocycles. The van der Waals surface area contributed by atoms with Crippen molar-refractivity contribution in [2.45, 2.75) is 26.4 Å². The third-order valence-electron chi connectivity index (χ3n) is 2.53. The molecule has 4 heteroatoms. The first-order chi connectivity index (χ1) is 8.50. The molecule has 18 heavy (non-hydrogen) atoms. The molecule has 1 aromatic rings. The van der Waals surface area contributed by atoms with E-state index in [1.54, 1.807) is 0 Å². The lowest BCUT2D eigenvalue weighted by Crippen LogP contribution is -2.17. The molecular weight excluding hydrogens is 226 g/mol. The van der Waals surface area contributed by atoms with Crippen LogP contribution < -0.4 is 15.8 Å².